The van der Waals surface area contributed by atoms with E-state index in [4.69, 9.17) is 9.84 Å². The molecule has 4 atom stereocenters. The van der Waals surface area contributed by atoms with Gasteiger partial charge in [0, 0.05) is 12.8 Å². The molecule has 16 heavy (non-hydrogen) atoms. The predicted octanol–water partition coefficient (Wildman–Crippen LogP) is 1.12. The molecule has 0 amide bonds. The minimum atomic E-state index is -0.806. The lowest BCUT2D eigenvalue weighted by molar-refractivity contribution is -0.148. The number of carbonyl (C=O) groups excluding carboxylic acids is 1. The van der Waals surface area contributed by atoms with Crippen LogP contribution in [-0.4, -0.2) is 35.0 Å². The normalized spacial score (nSPS) is 19.1. The monoisotopic (exact) mass is 230 g/mol. The Kier molecular flexibility index (Phi) is 7.01. The summed E-state index contributed by atoms with van der Waals surface area (Å²) >= 11 is 0. The van der Waals surface area contributed by atoms with E-state index in [2.05, 4.69) is 0 Å². The molecule has 0 unspecified atom stereocenters. The molecule has 0 aliphatic rings. The zero-order chi connectivity index (χ0) is 12.7. The van der Waals surface area contributed by atoms with E-state index in [9.17, 15) is 9.90 Å². The second-order valence-corrected chi connectivity index (χ2v) is 4.03. The Bertz CT molecular complexity index is 237. The first-order valence-electron chi connectivity index (χ1n) is 5.53. The van der Waals surface area contributed by atoms with Crippen LogP contribution in [0, 0.1) is 11.8 Å². The Labute approximate surface area is 96.9 Å². The van der Waals surface area contributed by atoms with Gasteiger partial charge >= 0.3 is 5.97 Å². The van der Waals surface area contributed by atoms with Crippen LogP contribution in [0.25, 0.3) is 0 Å². The molecule has 0 spiro atoms. The smallest absolute Gasteiger partial charge is 0.302 e. The first-order valence-corrected chi connectivity index (χ1v) is 5.53. The molecular weight excluding hydrogens is 208 g/mol. The van der Waals surface area contributed by atoms with Crippen LogP contribution in [-0.2, 0) is 9.53 Å². The van der Waals surface area contributed by atoms with Crippen molar-refractivity contribution in [3.63, 3.8) is 0 Å². The van der Waals surface area contributed by atoms with Gasteiger partial charge in [0.15, 0.2) is 0 Å². The lowest BCUT2D eigenvalue weighted by Gasteiger charge is -2.29. The highest BCUT2D eigenvalue weighted by atomic mass is 16.5. The van der Waals surface area contributed by atoms with Crippen molar-refractivity contribution in [1.29, 1.82) is 0 Å². The van der Waals surface area contributed by atoms with Crippen molar-refractivity contribution in [3.8, 4) is 0 Å². The van der Waals surface area contributed by atoms with Crippen molar-refractivity contribution in [2.24, 2.45) is 11.8 Å². The molecule has 0 aromatic carbocycles. The first-order chi connectivity index (χ1) is 7.43. The Balaban J connectivity index is 4.64. The van der Waals surface area contributed by atoms with Gasteiger partial charge in [-0.05, 0) is 19.8 Å². The third kappa shape index (κ3) is 4.77. The van der Waals surface area contributed by atoms with Gasteiger partial charge in [0.2, 0.25) is 0 Å². The van der Waals surface area contributed by atoms with Crippen LogP contribution in [0.1, 0.15) is 27.7 Å². The number of allylic oxidation sites excluding steroid dienone is 1. The lowest BCUT2D eigenvalue weighted by atomic mass is 9.85. The van der Waals surface area contributed by atoms with Gasteiger partial charge in [-0.25, -0.2) is 0 Å². The van der Waals surface area contributed by atoms with Crippen molar-refractivity contribution in [3.05, 3.63) is 12.2 Å². The van der Waals surface area contributed by atoms with Crippen LogP contribution >= 0.6 is 0 Å². The zero-order valence-electron chi connectivity index (χ0n) is 10.4. The minimum absolute atomic E-state index is 0.101. The van der Waals surface area contributed by atoms with Gasteiger partial charge in [-0.2, -0.15) is 0 Å². The van der Waals surface area contributed by atoms with Gasteiger partial charge in [-0.15, -0.1) is 0 Å². The highest BCUT2D eigenvalue weighted by Crippen LogP contribution is 2.23. The van der Waals surface area contributed by atoms with E-state index in [1.165, 1.54) is 6.92 Å². The molecule has 0 saturated carbocycles. The zero-order valence-corrected chi connectivity index (χ0v) is 10.4. The van der Waals surface area contributed by atoms with Crippen LogP contribution in [0.15, 0.2) is 12.2 Å². The Morgan fingerprint density at radius 3 is 2.38 bits per heavy atom. The molecule has 0 aliphatic heterocycles. The van der Waals surface area contributed by atoms with Crippen molar-refractivity contribution in [2.75, 3.05) is 6.61 Å². The van der Waals surface area contributed by atoms with E-state index in [1.54, 1.807) is 6.92 Å². The molecule has 94 valence electrons. The number of aliphatic hydroxyl groups excluding tert-OH is 2. The predicted molar refractivity (Wildman–Crippen MR) is 61.8 cm³/mol. The third-order valence-electron chi connectivity index (χ3n) is 2.71. The van der Waals surface area contributed by atoms with E-state index >= 15 is 0 Å². The van der Waals surface area contributed by atoms with Crippen molar-refractivity contribution in [2.45, 2.75) is 39.9 Å². The molecule has 2 N–H and O–H groups in total. The van der Waals surface area contributed by atoms with E-state index in [1.807, 2.05) is 26.0 Å². The van der Waals surface area contributed by atoms with Gasteiger partial charge in [0.05, 0.1) is 12.7 Å². The van der Waals surface area contributed by atoms with Crippen molar-refractivity contribution in [1.82, 2.24) is 0 Å². The number of hydrogen-bond acceptors (Lipinski definition) is 4. The van der Waals surface area contributed by atoms with Gasteiger partial charge in [0.25, 0.3) is 0 Å². The maximum atomic E-state index is 10.9. The van der Waals surface area contributed by atoms with Crippen molar-refractivity contribution >= 4 is 5.97 Å². The lowest BCUT2D eigenvalue weighted by Crippen LogP contribution is -2.35. The molecule has 0 heterocycles. The molecule has 0 saturated heterocycles. The fourth-order valence-electron chi connectivity index (χ4n) is 1.74. The molecule has 0 aliphatic carbocycles. The quantitative estimate of drug-likeness (QED) is 0.530. The first kappa shape index (κ1) is 15.1. The number of hydrogen-bond donors (Lipinski definition) is 2. The number of ether oxygens (including phenoxy) is 1. The van der Waals surface area contributed by atoms with Gasteiger partial charge in [-0.1, -0.05) is 19.1 Å². The van der Waals surface area contributed by atoms with Gasteiger partial charge < -0.3 is 14.9 Å². The summed E-state index contributed by atoms with van der Waals surface area (Å²) in [6.07, 6.45) is 2.62. The number of esters is 1. The maximum Gasteiger partial charge on any atom is 0.302 e. The summed E-state index contributed by atoms with van der Waals surface area (Å²) in [5.74, 6) is -0.612. The van der Waals surface area contributed by atoms with Crippen LogP contribution in [0.3, 0.4) is 0 Å². The van der Waals surface area contributed by atoms with Crippen molar-refractivity contribution < 1.29 is 19.7 Å². The van der Waals surface area contributed by atoms with E-state index in [0.717, 1.165) is 0 Å². The third-order valence-corrected chi connectivity index (χ3v) is 2.71. The molecular formula is C12H22O4. The van der Waals surface area contributed by atoms with Crippen LogP contribution in [0.4, 0.5) is 0 Å². The summed E-state index contributed by atoms with van der Waals surface area (Å²) in [6.45, 7) is 6.54. The van der Waals surface area contributed by atoms with Gasteiger partial charge in [-0.3, -0.25) is 4.79 Å². The second-order valence-electron chi connectivity index (χ2n) is 4.03. The summed E-state index contributed by atoms with van der Waals surface area (Å²) in [6, 6.07) is 0. The second kappa shape index (κ2) is 7.41. The fraction of sp³-hybridized carbons (Fsp3) is 0.750. The van der Waals surface area contributed by atoms with E-state index < -0.39 is 6.10 Å². The topological polar surface area (TPSA) is 66.8 Å². The number of aliphatic hydroxyl groups is 2. The van der Waals surface area contributed by atoms with E-state index in [-0.39, 0.29) is 30.5 Å². The molecule has 0 rings (SSSR count). The standard InChI is InChI=1S/C12H22O4/c1-5-6-11(8(2)12(15)7-13)9(3)16-10(4)14/h5-6,8-9,11-13,15H,7H2,1-4H3/b6-5-/t8-,9-,11-,12-/m0/s1. The SMILES string of the molecule is C/C=C\[C@@H]([C@H](C)[C@@H](O)CO)[C@H](C)OC(C)=O. The Morgan fingerprint density at radius 2 is 2.00 bits per heavy atom. The minimum Gasteiger partial charge on any atom is -0.462 e. The highest BCUT2D eigenvalue weighted by Gasteiger charge is 2.28. The van der Waals surface area contributed by atoms with Crippen LogP contribution in [0.2, 0.25) is 0 Å². The Hall–Kier alpha value is -0.870. The molecule has 0 fully saturated rings. The fourth-order valence-corrected chi connectivity index (χ4v) is 1.74. The largest absolute Gasteiger partial charge is 0.462 e. The number of rotatable bonds is 6. The molecule has 0 aromatic rings. The molecule has 4 nitrogen and oxygen atoms in total. The molecule has 0 aromatic heterocycles. The van der Waals surface area contributed by atoms with Gasteiger partial charge in [0.1, 0.15) is 6.10 Å². The molecule has 0 radical (unpaired) electrons. The molecule has 4 heteroatoms. The maximum absolute atomic E-state index is 10.9. The van der Waals surface area contributed by atoms with Crippen LogP contribution < -0.4 is 0 Å². The number of carbonyl (C=O) groups is 1. The summed E-state index contributed by atoms with van der Waals surface area (Å²) < 4.78 is 5.10. The Morgan fingerprint density at radius 1 is 1.44 bits per heavy atom. The summed E-state index contributed by atoms with van der Waals surface area (Å²) in [5, 5.41) is 18.5. The van der Waals surface area contributed by atoms with Crippen LogP contribution in [0.5, 0.6) is 0 Å². The average molecular weight is 230 g/mol. The van der Waals surface area contributed by atoms with E-state index in [0.29, 0.717) is 0 Å². The highest BCUT2D eigenvalue weighted by molar-refractivity contribution is 5.66. The molecule has 0 bridgehead atoms. The summed E-state index contributed by atoms with van der Waals surface area (Å²) in [7, 11) is 0. The summed E-state index contributed by atoms with van der Waals surface area (Å²) in [4.78, 5) is 10.9. The summed E-state index contributed by atoms with van der Waals surface area (Å²) in [5.41, 5.74) is 0. The average Bonchev–Trinajstić information content (AvgIpc) is 2.22.